The highest BCUT2D eigenvalue weighted by atomic mass is 31.0. The van der Waals surface area contributed by atoms with Crippen LogP contribution in [0.3, 0.4) is 0 Å². The van der Waals surface area contributed by atoms with E-state index >= 15 is 0 Å². The van der Waals surface area contributed by atoms with E-state index in [4.69, 9.17) is 12.3 Å². The van der Waals surface area contributed by atoms with Crippen molar-refractivity contribution >= 4 is 164 Å². The van der Waals surface area contributed by atoms with Gasteiger partial charge < -0.3 is 31.3 Å². The Bertz CT molecular complexity index is 7140. The SMILES string of the molecule is [B]N=P.c1ccc(-c2c3ccccc3c(-c3ccc(-n4c5ccccc5c5ccccc54)cc3)c3ccccc23)cc1.c1ccc(N(c2ccc(-c3ccc(N(c4ccccc4)c4cccc5ccccc45)cc3)cc2)c2cccc3ccccc23)cc1.c1cnc2c(O[CH2][Al]([O]c3cccc4cccnc34)[O]c3cccc4cccnc34)cccc2c1. The van der Waals surface area contributed by atoms with Gasteiger partial charge in [-0.3, -0.25) is 15.0 Å². The van der Waals surface area contributed by atoms with Crippen molar-refractivity contribution in [2.45, 2.75) is 0 Å². The van der Waals surface area contributed by atoms with Gasteiger partial charge in [-0.15, -0.1) is 0 Å². The maximum Gasteiger partial charge on any atom is 0.899 e. The van der Waals surface area contributed by atoms with Crippen molar-refractivity contribution in [1.29, 1.82) is 0 Å². The van der Waals surface area contributed by atoms with E-state index in [-0.39, 0.29) is 5.47 Å². The number of hydrogen-bond acceptors (Lipinski definition) is 9. The van der Waals surface area contributed by atoms with Gasteiger partial charge in [-0.2, -0.15) is 0 Å². The minimum absolute atomic E-state index is 0.266. The Morgan fingerprint density at radius 3 is 1.00 bits per heavy atom. The highest BCUT2D eigenvalue weighted by molar-refractivity contribution is 7.05. The van der Waals surface area contributed by atoms with Crippen molar-refractivity contribution in [2.75, 3.05) is 15.3 Å². The molecule has 0 spiro atoms. The monoisotopic (exact) mass is 1610 g/mol. The van der Waals surface area contributed by atoms with E-state index in [2.05, 4.69) is 397 Å². The molecule has 13 heteroatoms. The number of rotatable bonds is 17. The van der Waals surface area contributed by atoms with Crippen molar-refractivity contribution in [2.24, 2.45) is 4.66 Å². The number of pyridine rings is 3. The molecule has 582 valence electrons. The number of benzene rings is 18. The minimum atomic E-state index is -2.48. The molecule has 0 aliphatic heterocycles. The normalized spacial score (nSPS) is 11.0. The molecule has 0 unspecified atom stereocenters. The molecule has 4 aromatic heterocycles. The molecule has 10 nitrogen and oxygen atoms in total. The number of hydrogen-bond donors (Lipinski definition) is 0. The first-order chi connectivity index (χ1) is 61.0. The molecule has 0 bridgehead atoms. The number of aromatic nitrogens is 4. The molecule has 2 radical (unpaired) electrons. The maximum absolute atomic E-state index is 6.50. The first-order valence-electron chi connectivity index (χ1n) is 41.0. The fraction of sp³-hybridized carbons (Fsp3) is 0.00909. The Balaban J connectivity index is 0.000000120. The van der Waals surface area contributed by atoms with Crippen molar-refractivity contribution in [3.8, 4) is 56.3 Å². The number of anilines is 6. The van der Waals surface area contributed by atoms with Gasteiger partial charge in [0.2, 0.25) is 0 Å². The molecule has 0 amide bonds. The van der Waals surface area contributed by atoms with E-state index in [1.165, 1.54) is 104 Å². The van der Waals surface area contributed by atoms with Crippen LogP contribution < -0.4 is 22.1 Å². The average Bonchev–Trinajstić information content (AvgIpc) is 1.61. The molecule has 0 atom stereocenters. The zero-order chi connectivity index (χ0) is 82.6. The van der Waals surface area contributed by atoms with Crippen molar-refractivity contribution in [3.63, 3.8) is 0 Å². The van der Waals surface area contributed by atoms with E-state index < -0.39 is 14.8 Å². The molecule has 0 N–H and O–H groups in total. The molecular weight excluding hydrogens is 1540 g/mol. The molecule has 0 saturated carbocycles. The number of fused-ring (bicyclic) bond motifs is 10. The van der Waals surface area contributed by atoms with Crippen LogP contribution in [0.4, 0.5) is 34.1 Å². The highest BCUT2D eigenvalue weighted by Crippen LogP contribution is 2.46. The Morgan fingerprint density at radius 1 is 0.276 bits per heavy atom. The molecule has 18 aromatic carbocycles. The quantitative estimate of drug-likeness (QED) is 0.0506. The topological polar surface area (TPSA) is 90.1 Å². The van der Waals surface area contributed by atoms with Crippen LogP contribution in [0.2, 0.25) is 0 Å². The third kappa shape index (κ3) is 16.2. The average molecular weight is 1610 g/mol. The van der Waals surface area contributed by atoms with Crippen LogP contribution in [-0.4, -0.2) is 47.8 Å². The second-order valence-corrected chi connectivity index (χ2v) is 31.6. The summed E-state index contributed by atoms with van der Waals surface area (Å²) in [5.41, 5.74) is 20.5. The van der Waals surface area contributed by atoms with Gasteiger partial charge >= 0.3 is 14.8 Å². The summed E-state index contributed by atoms with van der Waals surface area (Å²) in [7, 11) is 6.97. The molecule has 0 aliphatic rings. The van der Waals surface area contributed by atoms with Gasteiger partial charge in [0.15, 0.2) is 0 Å². The Morgan fingerprint density at radius 2 is 0.577 bits per heavy atom. The summed E-state index contributed by atoms with van der Waals surface area (Å²) in [5, 5.41) is 15.6. The summed E-state index contributed by atoms with van der Waals surface area (Å²) < 4.78 is 24.4. The van der Waals surface area contributed by atoms with Gasteiger partial charge in [0.05, 0.1) is 22.4 Å². The lowest BCUT2D eigenvalue weighted by molar-refractivity contribution is 0.320. The van der Waals surface area contributed by atoms with Crippen LogP contribution in [0.15, 0.2) is 460 Å². The highest BCUT2D eigenvalue weighted by Gasteiger charge is 2.36. The van der Waals surface area contributed by atoms with E-state index in [1.807, 2.05) is 91.0 Å². The van der Waals surface area contributed by atoms with Crippen LogP contribution in [0, 0.1) is 0 Å². The van der Waals surface area contributed by atoms with Crippen LogP contribution in [-0.2, 0) is 0 Å². The van der Waals surface area contributed by atoms with Gasteiger partial charge in [0.1, 0.15) is 39.3 Å². The molecule has 22 aromatic rings. The lowest BCUT2D eigenvalue weighted by atomic mass is 9.86. The fourth-order valence-electron chi connectivity index (χ4n) is 16.8. The first kappa shape index (κ1) is 77.6. The Hall–Kier alpha value is -15.3. The standard InChI is InChI=1S/C44H32N2.C38H25N.C10H8NO.2C9H7NO.Al.BHNP/c1-3-17-37(18-4-1)45(43-23-11-15-35-13-7-9-21-41(35)43)39-29-25-33(26-30-39)34-27-31-40(32-28-34)46(38-19-5-2-6-20-38)44-24-12-16-36-14-8-10-22-42(36)44;1-2-12-26(13-3-1)37-31-16-4-6-18-33(31)38(34-19-7-5-17-32(34)37)27-22-24-28(25-23-27)39-35-20-10-8-14-29(35)30-15-9-11-21-36(30)39;1-12-9-6-2-4-8-5-3-7-11-10(8)9;2*11-8-5-1-3-7-4-2-6-10-9(7)8;;1-2-3/h1-32H;1-25H;2-7H,1H2;2*1-6,11H;;3H/q;;;;;+2;/p-2. The fourth-order valence-corrected chi connectivity index (χ4v) is 18.3. The van der Waals surface area contributed by atoms with Gasteiger partial charge in [-0.1, -0.05) is 315 Å². The van der Waals surface area contributed by atoms with Crippen molar-refractivity contribution < 1.29 is 12.3 Å². The molecule has 0 aliphatic carbocycles. The number of ether oxygens (including phenoxy) is 1. The molecular formula is C110H78AlBN7O3P. The summed E-state index contributed by atoms with van der Waals surface area (Å²) in [4.78, 5) is 18.2. The van der Waals surface area contributed by atoms with E-state index in [1.54, 1.807) is 18.6 Å². The Labute approximate surface area is 721 Å². The number of para-hydroxylation sites is 7. The molecule has 22 rings (SSSR count). The summed E-state index contributed by atoms with van der Waals surface area (Å²) in [6.07, 6.45) is 5.29. The maximum atomic E-state index is 6.50. The van der Waals surface area contributed by atoms with Gasteiger partial charge in [-0.05, 0) is 196 Å². The van der Waals surface area contributed by atoms with Gasteiger partial charge in [0.25, 0.3) is 7.98 Å². The van der Waals surface area contributed by atoms with Crippen LogP contribution in [0.25, 0.3) is 137 Å². The van der Waals surface area contributed by atoms with E-state index in [0.717, 1.165) is 66.8 Å². The minimum Gasteiger partial charge on any atom is -0.609 e. The number of nitrogens with zero attached hydrogens (tertiary/aromatic N) is 7. The Kier molecular flexibility index (Phi) is 22.8. The van der Waals surface area contributed by atoms with Crippen LogP contribution in [0.1, 0.15) is 0 Å². The van der Waals surface area contributed by atoms with Crippen LogP contribution in [0.5, 0.6) is 17.2 Å². The summed E-state index contributed by atoms with van der Waals surface area (Å²) in [6, 6.07) is 154. The molecule has 0 saturated heterocycles. The second kappa shape index (κ2) is 36.1. The molecule has 123 heavy (non-hydrogen) atoms. The zero-order valence-corrected chi connectivity index (χ0v) is 69.2. The van der Waals surface area contributed by atoms with Crippen LogP contribution >= 0.6 is 9.03 Å². The zero-order valence-electron chi connectivity index (χ0n) is 67.0. The van der Waals surface area contributed by atoms with Crippen molar-refractivity contribution in [3.05, 3.63) is 455 Å². The smallest absolute Gasteiger partial charge is 0.609 e. The molecule has 4 heterocycles. The predicted molar refractivity (Wildman–Crippen MR) is 517 cm³/mol. The molecule has 0 fully saturated rings. The third-order valence-electron chi connectivity index (χ3n) is 22.3. The lowest BCUT2D eigenvalue weighted by Gasteiger charge is -2.27. The van der Waals surface area contributed by atoms with Gasteiger partial charge in [0, 0.05) is 84.7 Å². The first-order valence-corrected chi connectivity index (χ1v) is 43.2. The second-order valence-electron chi connectivity index (χ2n) is 29.7. The van der Waals surface area contributed by atoms with E-state index in [0.29, 0.717) is 17.2 Å². The summed E-state index contributed by atoms with van der Waals surface area (Å²) in [6.45, 7) is 0. The summed E-state index contributed by atoms with van der Waals surface area (Å²) in [5.74, 6) is 2.04. The third-order valence-corrected chi connectivity index (χ3v) is 23.8. The van der Waals surface area contributed by atoms with E-state index in [9.17, 15) is 0 Å². The summed E-state index contributed by atoms with van der Waals surface area (Å²) >= 11 is -2.48. The predicted octanol–water partition coefficient (Wildman–Crippen LogP) is 29.3. The van der Waals surface area contributed by atoms with Crippen molar-refractivity contribution in [1.82, 2.24) is 19.5 Å². The van der Waals surface area contributed by atoms with Gasteiger partial charge in [-0.25, -0.2) is 0 Å². The largest absolute Gasteiger partial charge is 0.899 e. The lowest BCUT2D eigenvalue weighted by Crippen LogP contribution is -2.37.